The molecule has 2 amide bonds. The van der Waals surface area contributed by atoms with E-state index in [4.69, 9.17) is 4.74 Å². The molecule has 0 aliphatic carbocycles. The maximum absolute atomic E-state index is 12.8. The number of para-hydroxylation sites is 1. The zero-order valence-electron chi connectivity index (χ0n) is 18.6. The van der Waals surface area contributed by atoms with Crippen molar-refractivity contribution in [3.63, 3.8) is 0 Å². The quantitative estimate of drug-likeness (QED) is 0.500. The predicted molar refractivity (Wildman–Crippen MR) is 132 cm³/mol. The summed E-state index contributed by atoms with van der Waals surface area (Å²) in [5.41, 5.74) is 3.54. The number of benzene rings is 2. The number of amides is 2. The van der Waals surface area contributed by atoms with Crippen LogP contribution in [0.4, 0.5) is 5.69 Å². The second-order valence-corrected chi connectivity index (χ2v) is 9.57. The van der Waals surface area contributed by atoms with Gasteiger partial charge >= 0.3 is 5.97 Å². The van der Waals surface area contributed by atoms with Crippen molar-refractivity contribution in [2.75, 3.05) is 30.1 Å². The van der Waals surface area contributed by atoms with Crippen LogP contribution in [-0.2, 0) is 27.3 Å². The molecule has 3 aromatic rings. The number of thiazole rings is 1. The maximum atomic E-state index is 12.8. The molecular weight excluding hydrogens is 458 g/mol. The van der Waals surface area contributed by atoms with E-state index in [1.54, 1.807) is 12.1 Å². The van der Waals surface area contributed by atoms with Crippen molar-refractivity contribution >= 4 is 56.8 Å². The Kier molecular flexibility index (Phi) is 7.29. The van der Waals surface area contributed by atoms with Gasteiger partial charge in [0.15, 0.2) is 4.80 Å². The minimum Gasteiger partial charge on any atom is -0.465 e. The summed E-state index contributed by atoms with van der Waals surface area (Å²) in [6.07, 6.45) is 1.93. The van der Waals surface area contributed by atoms with Gasteiger partial charge in [-0.2, -0.15) is 4.99 Å². The monoisotopic (exact) mass is 483 g/mol. The van der Waals surface area contributed by atoms with Gasteiger partial charge in [-0.05, 0) is 49.6 Å². The van der Waals surface area contributed by atoms with Crippen LogP contribution >= 0.6 is 23.1 Å². The molecular formula is C24H25N3O4S2. The molecule has 0 spiro atoms. The Hall–Kier alpha value is -2.91. The first-order valence-electron chi connectivity index (χ1n) is 10.8. The van der Waals surface area contributed by atoms with Gasteiger partial charge in [0.2, 0.25) is 5.91 Å². The molecule has 7 nitrogen and oxygen atoms in total. The Labute approximate surface area is 200 Å². The third-order valence-electron chi connectivity index (χ3n) is 5.50. The zero-order chi connectivity index (χ0) is 23.4. The van der Waals surface area contributed by atoms with Crippen molar-refractivity contribution < 1.29 is 19.1 Å². The van der Waals surface area contributed by atoms with Gasteiger partial charge in [0, 0.05) is 18.8 Å². The van der Waals surface area contributed by atoms with Crippen LogP contribution in [0.25, 0.3) is 10.2 Å². The minimum atomic E-state index is -0.402. The highest BCUT2D eigenvalue weighted by atomic mass is 32.2. The summed E-state index contributed by atoms with van der Waals surface area (Å²) >= 11 is 2.64. The van der Waals surface area contributed by atoms with E-state index in [-0.39, 0.29) is 23.3 Å². The normalized spacial score (nSPS) is 13.8. The van der Waals surface area contributed by atoms with Crippen molar-refractivity contribution in [2.45, 2.75) is 26.3 Å². The number of nitrogens with zero attached hydrogens (tertiary/aromatic N) is 3. The molecule has 1 aliphatic rings. The Balaban J connectivity index is 1.43. The smallest absolute Gasteiger partial charge is 0.337 e. The number of aryl methyl sites for hydroxylation is 2. The molecule has 9 heteroatoms. The van der Waals surface area contributed by atoms with Crippen LogP contribution in [0.3, 0.4) is 0 Å². The van der Waals surface area contributed by atoms with E-state index in [0.29, 0.717) is 23.5 Å². The van der Waals surface area contributed by atoms with Crippen LogP contribution in [0.1, 0.15) is 29.3 Å². The van der Waals surface area contributed by atoms with Gasteiger partial charge in [-0.15, -0.1) is 11.8 Å². The van der Waals surface area contributed by atoms with Crippen LogP contribution in [0.2, 0.25) is 0 Å². The zero-order valence-corrected chi connectivity index (χ0v) is 20.2. The van der Waals surface area contributed by atoms with Crippen LogP contribution in [0.5, 0.6) is 0 Å². The first-order chi connectivity index (χ1) is 16.0. The highest BCUT2D eigenvalue weighted by molar-refractivity contribution is 8.00. The standard InChI is InChI=1S/C24H25N3O4S2/c1-3-26-19-11-10-17(23(30)31-2)13-20(19)33-24(26)25-21(28)14-32-15-22(29)27-12-6-8-16-7-4-5-9-18(16)27/h4-5,7,9-11,13H,3,6,8,12,14-15H2,1-2H3. The summed E-state index contributed by atoms with van der Waals surface area (Å²) < 4.78 is 7.59. The lowest BCUT2D eigenvalue weighted by molar-refractivity contribution is -0.116. The molecule has 33 heavy (non-hydrogen) atoms. The molecule has 2 aromatic carbocycles. The summed E-state index contributed by atoms with van der Waals surface area (Å²) in [7, 11) is 1.35. The Morgan fingerprint density at radius 3 is 2.76 bits per heavy atom. The first kappa shape index (κ1) is 23.3. The number of carbonyl (C=O) groups excluding carboxylic acids is 3. The average molecular weight is 484 g/mol. The molecule has 0 N–H and O–H groups in total. The molecule has 0 fully saturated rings. The fraction of sp³-hybridized carbons (Fsp3) is 0.333. The van der Waals surface area contributed by atoms with Crippen LogP contribution in [0.15, 0.2) is 47.5 Å². The number of anilines is 1. The number of esters is 1. The minimum absolute atomic E-state index is 0.0146. The van der Waals surface area contributed by atoms with E-state index in [0.717, 1.165) is 28.7 Å². The highest BCUT2D eigenvalue weighted by Gasteiger charge is 2.22. The number of hydrogen-bond donors (Lipinski definition) is 0. The van der Waals surface area contributed by atoms with E-state index in [1.807, 2.05) is 40.7 Å². The van der Waals surface area contributed by atoms with Crippen molar-refractivity contribution in [1.82, 2.24) is 4.57 Å². The lowest BCUT2D eigenvalue weighted by Gasteiger charge is -2.29. The maximum Gasteiger partial charge on any atom is 0.337 e. The Bertz CT molecular complexity index is 1280. The molecule has 172 valence electrons. The van der Waals surface area contributed by atoms with E-state index >= 15 is 0 Å². The summed E-state index contributed by atoms with van der Waals surface area (Å²) in [5, 5.41) is 0. The number of methoxy groups -OCH3 is 1. The van der Waals surface area contributed by atoms with Gasteiger partial charge in [0.1, 0.15) is 0 Å². The van der Waals surface area contributed by atoms with E-state index in [1.165, 1.54) is 35.8 Å². The summed E-state index contributed by atoms with van der Waals surface area (Å²) in [6, 6.07) is 13.3. The number of ether oxygens (including phenoxy) is 1. The largest absolute Gasteiger partial charge is 0.465 e. The second-order valence-electron chi connectivity index (χ2n) is 7.58. The van der Waals surface area contributed by atoms with Crippen molar-refractivity contribution in [3.05, 3.63) is 58.4 Å². The van der Waals surface area contributed by atoms with Gasteiger partial charge in [0.25, 0.3) is 5.91 Å². The molecule has 4 rings (SSSR count). The molecule has 0 atom stereocenters. The van der Waals surface area contributed by atoms with Gasteiger partial charge < -0.3 is 14.2 Å². The van der Waals surface area contributed by atoms with Gasteiger partial charge in [-0.25, -0.2) is 4.79 Å². The number of carbonyl (C=O) groups is 3. The summed E-state index contributed by atoms with van der Waals surface area (Å²) in [6.45, 7) is 3.33. The first-order valence-corrected chi connectivity index (χ1v) is 12.7. The number of aromatic nitrogens is 1. The number of thioether (sulfide) groups is 1. The number of rotatable bonds is 6. The van der Waals surface area contributed by atoms with Crippen LogP contribution < -0.4 is 9.70 Å². The lowest BCUT2D eigenvalue weighted by Crippen LogP contribution is -2.36. The van der Waals surface area contributed by atoms with Crippen molar-refractivity contribution in [3.8, 4) is 0 Å². The topological polar surface area (TPSA) is 81.0 Å². The van der Waals surface area contributed by atoms with Crippen molar-refractivity contribution in [2.24, 2.45) is 4.99 Å². The molecule has 1 aromatic heterocycles. The lowest BCUT2D eigenvalue weighted by atomic mass is 10.0. The Morgan fingerprint density at radius 2 is 1.97 bits per heavy atom. The van der Waals surface area contributed by atoms with E-state index in [2.05, 4.69) is 11.1 Å². The molecule has 0 bridgehead atoms. The SMILES string of the molecule is CCn1c(=NC(=O)CSCC(=O)N2CCCc3ccccc32)sc2cc(C(=O)OC)ccc21. The molecule has 0 radical (unpaired) electrons. The second kappa shape index (κ2) is 10.4. The predicted octanol–water partition coefficient (Wildman–Crippen LogP) is 3.65. The summed E-state index contributed by atoms with van der Waals surface area (Å²) in [5.74, 6) is -0.305. The van der Waals surface area contributed by atoms with E-state index in [9.17, 15) is 14.4 Å². The molecule has 0 saturated carbocycles. The average Bonchev–Trinajstić information content (AvgIpc) is 3.18. The third-order valence-corrected chi connectivity index (χ3v) is 7.45. The van der Waals surface area contributed by atoms with Gasteiger partial charge in [-0.1, -0.05) is 29.5 Å². The fourth-order valence-electron chi connectivity index (χ4n) is 3.94. The van der Waals surface area contributed by atoms with Crippen LogP contribution in [0, 0.1) is 0 Å². The fourth-order valence-corrected chi connectivity index (χ4v) is 5.77. The third kappa shape index (κ3) is 5.04. The molecule has 2 heterocycles. The highest BCUT2D eigenvalue weighted by Crippen LogP contribution is 2.27. The molecule has 0 unspecified atom stereocenters. The van der Waals surface area contributed by atoms with Gasteiger partial charge in [-0.3, -0.25) is 9.59 Å². The van der Waals surface area contributed by atoms with E-state index < -0.39 is 5.97 Å². The Morgan fingerprint density at radius 1 is 1.15 bits per heavy atom. The van der Waals surface area contributed by atoms with Crippen molar-refractivity contribution in [1.29, 1.82) is 0 Å². The number of hydrogen-bond acceptors (Lipinski definition) is 6. The number of fused-ring (bicyclic) bond motifs is 2. The van der Waals surface area contributed by atoms with Crippen LogP contribution in [-0.4, -0.2) is 47.5 Å². The molecule has 1 aliphatic heterocycles. The van der Waals surface area contributed by atoms with Gasteiger partial charge in [0.05, 0.1) is 34.4 Å². The summed E-state index contributed by atoms with van der Waals surface area (Å²) in [4.78, 5) is 43.8. The molecule has 0 saturated heterocycles.